The number of esters is 1. The molecule has 168 valence electrons. The fraction of sp³-hybridized carbons (Fsp3) is 0.269. The monoisotopic (exact) mass is 442 g/mol. The first-order valence-electron chi connectivity index (χ1n) is 10.2. The van der Waals surface area contributed by atoms with Gasteiger partial charge in [0.1, 0.15) is 0 Å². The van der Waals surface area contributed by atoms with Crippen molar-refractivity contribution in [3.8, 4) is 0 Å². The molecule has 3 aromatic carbocycles. The minimum Gasteiger partial charge on any atom is -0.463 e. The number of rotatable bonds is 5. The predicted molar refractivity (Wildman–Crippen MR) is 119 cm³/mol. The molecule has 0 aliphatic heterocycles. The third kappa shape index (κ3) is 4.41. The van der Waals surface area contributed by atoms with Crippen molar-refractivity contribution in [1.82, 2.24) is 0 Å². The summed E-state index contributed by atoms with van der Waals surface area (Å²) < 4.78 is 46.6. The van der Waals surface area contributed by atoms with Gasteiger partial charge in [0, 0.05) is 0 Å². The van der Waals surface area contributed by atoms with E-state index in [0.717, 1.165) is 27.5 Å². The Labute approximate surface area is 185 Å². The van der Waals surface area contributed by atoms with Gasteiger partial charge in [0.15, 0.2) is 0 Å². The molecule has 6 heteroatoms. The molecule has 3 nitrogen and oxygen atoms in total. The van der Waals surface area contributed by atoms with Crippen LogP contribution < -0.4 is 0 Å². The van der Waals surface area contributed by atoms with E-state index in [2.05, 4.69) is 4.74 Å². The Kier molecular flexibility index (Phi) is 6.46. The summed E-state index contributed by atoms with van der Waals surface area (Å²) in [6.45, 7) is 6.58. The van der Waals surface area contributed by atoms with Crippen molar-refractivity contribution < 1.29 is 27.8 Å². The average Bonchev–Trinajstić information content (AvgIpc) is 2.71. The van der Waals surface area contributed by atoms with Crippen molar-refractivity contribution in [1.29, 1.82) is 0 Å². The average molecular weight is 442 g/mol. The zero-order valence-corrected chi connectivity index (χ0v) is 18.4. The number of carbonyl (C=O) groups excluding carboxylic acids is 1. The van der Waals surface area contributed by atoms with E-state index in [0.29, 0.717) is 17.2 Å². The summed E-state index contributed by atoms with van der Waals surface area (Å²) in [5, 5.41) is 12.4. The third-order valence-corrected chi connectivity index (χ3v) is 5.38. The molecule has 0 amide bonds. The van der Waals surface area contributed by atoms with Gasteiger partial charge in [-0.15, -0.1) is 0 Å². The van der Waals surface area contributed by atoms with Crippen LogP contribution in [0.5, 0.6) is 0 Å². The van der Waals surface area contributed by atoms with Gasteiger partial charge < -0.3 is 9.84 Å². The second-order valence-corrected chi connectivity index (χ2v) is 7.88. The number of hydrogen-bond acceptors (Lipinski definition) is 3. The highest BCUT2D eigenvalue weighted by atomic mass is 19.4. The SMILES string of the molecule is CCOC(=O)[C@@](O)(/C=C(\c1ccc2ccccc2c1)c1c(C)cc(C)cc1C)C(F)(F)F. The lowest BCUT2D eigenvalue weighted by molar-refractivity contribution is -0.245. The molecule has 0 saturated carbocycles. The van der Waals surface area contributed by atoms with Crippen LogP contribution in [-0.2, 0) is 9.53 Å². The molecular weight excluding hydrogens is 417 g/mol. The molecular formula is C26H25F3O3. The highest BCUT2D eigenvalue weighted by molar-refractivity contribution is 5.94. The van der Waals surface area contributed by atoms with Gasteiger partial charge >= 0.3 is 12.1 Å². The van der Waals surface area contributed by atoms with E-state index < -0.39 is 17.7 Å². The number of fused-ring (bicyclic) bond motifs is 1. The molecule has 0 saturated heterocycles. The van der Waals surface area contributed by atoms with Crippen LogP contribution >= 0.6 is 0 Å². The van der Waals surface area contributed by atoms with E-state index in [9.17, 15) is 23.1 Å². The number of hydrogen-bond donors (Lipinski definition) is 1. The second kappa shape index (κ2) is 8.79. The molecule has 0 aromatic heterocycles. The maximum Gasteiger partial charge on any atom is 0.431 e. The van der Waals surface area contributed by atoms with Crippen molar-refractivity contribution in [3.63, 3.8) is 0 Å². The summed E-state index contributed by atoms with van der Waals surface area (Å²) in [6.07, 6.45) is -4.69. The van der Waals surface area contributed by atoms with Crippen molar-refractivity contribution in [2.24, 2.45) is 0 Å². The molecule has 0 unspecified atom stereocenters. The van der Waals surface area contributed by atoms with Crippen LogP contribution in [0, 0.1) is 20.8 Å². The number of carbonyl (C=O) groups is 1. The van der Waals surface area contributed by atoms with Crippen molar-refractivity contribution in [3.05, 3.63) is 88.5 Å². The second-order valence-electron chi connectivity index (χ2n) is 7.88. The molecule has 0 spiro atoms. The van der Waals surface area contributed by atoms with Crippen LogP contribution in [0.25, 0.3) is 16.3 Å². The Morgan fingerprint density at radius 3 is 2.12 bits per heavy atom. The van der Waals surface area contributed by atoms with Gasteiger partial charge in [0.25, 0.3) is 5.60 Å². The third-order valence-electron chi connectivity index (χ3n) is 5.38. The molecule has 3 aromatic rings. The van der Waals surface area contributed by atoms with E-state index in [-0.39, 0.29) is 12.2 Å². The van der Waals surface area contributed by atoms with Gasteiger partial charge in [-0.05, 0) is 78.4 Å². The minimum absolute atomic E-state index is 0.110. The summed E-state index contributed by atoms with van der Waals surface area (Å²) in [4.78, 5) is 12.3. The molecule has 0 aliphatic rings. The molecule has 1 N–H and O–H groups in total. The Morgan fingerprint density at radius 2 is 1.56 bits per heavy atom. The number of alkyl halides is 3. The standard InChI is InChI=1S/C26H25F3O3/c1-5-32-24(30)25(31,26(27,28)29)15-22(23-17(3)12-16(2)13-18(23)4)21-11-10-19-8-6-7-9-20(19)14-21/h6-15,31H,5H2,1-4H3/b22-15+/t25-/m0/s1. The molecule has 0 radical (unpaired) electrons. The first kappa shape index (κ1) is 23.5. The summed E-state index contributed by atoms with van der Waals surface area (Å²) in [7, 11) is 0. The number of ether oxygens (including phenoxy) is 1. The molecule has 0 heterocycles. The van der Waals surface area contributed by atoms with Gasteiger partial charge in [-0.25, -0.2) is 4.79 Å². The molecule has 0 aliphatic carbocycles. The van der Waals surface area contributed by atoms with Crippen molar-refractivity contribution >= 4 is 22.3 Å². The van der Waals surface area contributed by atoms with E-state index in [1.165, 1.54) is 6.92 Å². The number of aliphatic hydroxyl groups is 1. The molecule has 1 atom stereocenters. The van der Waals surface area contributed by atoms with Crippen molar-refractivity contribution in [2.75, 3.05) is 6.61 Å². The van der Waals surface area contributed by atoms with Gasteiger partial charge in [-0.1, -0.05) is 54.1 Å². The maximum absolute atomic E-state index is 14.0. The summed E-state index contributed by atoms with van der Waals surface area (Å²) >= 11 is 0. The normalized spacial score (nSPS) is 14.3. The quantitative estimate of drug-likeness (QED) is 0.489. The Bertz CT molecular complexity index is 1170. The topological polar surface area (TPSA) is 46.5 Å². The van der Waals surface area contributed by atoms with Gasteiger partial charge in [-0.3, -0.25) is 0 Å². The van der Waals surface area contributed by atoms with E-state index >= 15 is 0 Å². The van der Waals surface area contributed by atoms with Gasteiger partial charge in [0.2, 0.25) is 0 Å². The van der Waals surface area contributed by atoms with Crippen molar-refractivity contribution in [2.45, 2.75) is 39.5 Å². The number of benzene rings is 3. The fourth-order valence-electron chi connectivity index (χ4n) is 3.97. The zero-order chi connectivity index (χ0) is 23.7. The lowest BCUT2D eigenvalue weighted by atomic mass is 9.85. The maximum atomic E-state index is 14.0. The van der Waals surface area contributed by atoms with Crippen LogP contribution in [0.4, 0.5) is 13.2 Å². The van der Waals surface area contributed by atoms with Gasteiger partial charge in [-0.2, -0.15) is 13.2 Å². The highest BCUT2D eigenvalue weighted by Crippen LogP contribution is 2.39. The lowest BCUT2D eigenvalue weighted by Gasteiger charge is -2.27. The summed E-state index contributed by atoms with van der Waals surface area (Å²) in [5.74, 6) is -1.76. The van der Waals surface area contributed by atoms with E-state index in [1.54, 1.807) is 32.0 Å². The Hall–Kier alpha value is -3.12. The summed E-state index contributed by atoms with van der Waals surface area (Å²) in [5.41, 5.74) is -0.292. The highest BCUT2D eigenvalue weighted by Gasteiger charge is 2.59. The smallest absolute Gasteiger partial charge is 0.431 e. The van der Waals surface area contributed by atoms with Crippen LogP contribution in [0.2, 0.25) is 0 Å². The van der Waals surface area contributed by atoms with Crippen LogP contribution in [0.1, 0.15) is 34.7 Å². The lowest BCUT2D eigenvalue weighted by Crippen LogP contribution is -2.51. The van der Waals surface area contributed by atoms with Crippen LogP contribution in [0.3, 0.4) is 0 Å². The van der Waals surface area contributed by atoms with Crippen LogP contribution in [-0.4, -0.2) is 29.5 Å². The Balaban J connectivity index is 2.37. The first-order chi connectivity index (χ1) is 15.0. The van der Waals surface area contributed by atoms with E-state index in [1.807, 2.05) is 43.3 Å². The fourth-order valence-corrected chi connectivity index (χ4v) is 3.97. The molecule has 32 heavy (non-hydrogen) atoms. The zero-order valence-electron chi connectivity index (χ0n) is 18.4. The molecule has 0 fully saturated rings. The molecule has 0 bridgehead atoms. The van der Waals surface area contributed by atoms with Crippen LogP contribution in [0.15, 0.2) is 60.7 Å². The predicted octanol–water partition coefficient (Wildman–Crippen LogP) is 6.05. The largest absolute Gasteiger partial charge is 0.463 e. The first-order valence-corrected chi connectivity index (χ1v) is 10.2. The number of aryl methyl sites for hydroxylation is 3. The van der Waals surface area contributed by atoms with Gasteiger partial charge in [0.05, 0.1) is 6.61 Å². The number of halogens is 3. The summed E-state index contributed by atoms with van der Waals surface area (Å²) in [6, 6.07) is 16.4. The van der Waals surface area contributed by atoms with E-state index in [4.69, 9.17) is 0 Å². The molecule has 3 rings (SSSR count). The minimum atomic E-state index is -5.27. The Morgan fingerprint density at radius 1 is 0.969 bits per heavy atom.